The maximum Gasteiger partial charge on any atom is 0.450 e. The summed E-state index contributed by atoms with van der Waals surface area (Å²) >= 11 is -0.393. The van der Waals surface area contributed by atoms with E-state index in [2.05, 4.69) is 24.3 Å². The van der Waals surface area contributed by atoms with Gasteiger partial charge < -0.3 is 9.47 Å². The predicted octanol–water partition coefficient (Wildman–Crippen LogP) is 0.978. The standard InChI is InChI=1S/2C7H7O.Li.Mg/c2*1-8-7-5-3-2-4-6-7;;/h2*3-6H,1H3;;. The Bertz CT molecular complexity index is 423. The molecule has 0 bridgehead atoms. The molecule has 2 rings (SSSR count). The summed E-state index contributed by atoms with van der Waals surface area (Å²) in [7, 11) is 3.38. The van der Waals surface area contributed by atoms with Crippen molar-refractivity contribution in [1.82, 2.24) is 0 Å². The number of hydrogen-bond donors (Lipinski definition) is 0. The largest absolute Gasteiger partial charge is 0.497 e. The van der Waals surface area contributed by atoms with Crippen LogP contribution in [-0.2, 0) is 0 Å². The van der Waals surface area contributed by atoms with E-state index < -0.39 is 20.4 Å². The third-order valence-electron chi connectivity index (χ3n) is 2.73. The molecule has 2 aromatic carbocycles. The molecule has 0 saturated heterocycles. The number of hydrogen-bond acceptors (Lipinski definition) is 2. The molecular weight excluding hydrogens is 231 g/mol. The number of methoxy groups -OCH3 is 2. The fourth-order valence-corrected chi connectivity index (χ4v) is 3.14. The molecule has 0 N–H and O–H groups in total. The van der Waals surface area contributed by atoms with Crippen molar-refractivity contribution < 1.29 is 9.47 Å². The van der Waals surface area contributed by atoms with Gasteiger partial charge in [-0.3, -0.25) is 0 Å². The van der Waals surface area contributed by atoms with Crippen LogP contribution in [-0.4, -0.2) is 53.4 Å². The summed E-state index contributed by atoms with van der Waals surface area (Å²) in [5, 5.41) is 0. The van der Waals surface area contributed by atoms with Gasteiger partial charge in [-0.05, 0) is 24.3 Å². The summed E-state index contributed by atoms with van der Waals surface area (Å²) in [6, 6.07) is 16.7. The molecule has 0 heterocycles. The number of ether oxygens (including phenoxy) is 2. The first-order valence-corrected chi connectivity index (χ1v) is 6.99. The molecule has 0 unspecified atom stereocenters. The van der Waals surface area contributed by atoms with Crippen molar-refractivity contribution in [3.63, 3.8) is 0 Å². The van der Waals surface area contributed by atoms with Crippen LogP contribution in [0.25, 0.3) is 0 Å². The fraction of sp³-hybridized carbons (Fsp3) is 0.143. The minimum atomic E-state index is -0.393. The average molecular weight is 246 g/mol. The van der Waals surface area contributed by atoms with Gasteiger partial charge in [0.05, 0.1) is 14.2 Å². The zero-order valence-electron chi connectivity index (χ0n) is 11.1. The maximum atomic E-state index is 5.15. The molecule has 2 nitrogen and oxygen atoms in total. The molecule has 0 amide bonds. The third-order valence-corrected chi connectivity index (χ3v) is 4.49. The van der Waals surface area contributed by atoms with Crippen LogP contribution in [0, 0.1) is 0 Å². The Labute approximate surface area is 130 Å². The van der Waals surface area contributed by atoms with Crippen LogP contribution in [0.1, 0.15) is 0 Å². The molecule has 0 aliphatic carbocycles. The Kier molecular flexibility index (Phi) is 6.66. The second-order valence-corrected chi connectivity index (χ2v) is 5.86. The minimum Gasteiger partial charge on any atom is -0.497 e. The van der Waals surface area contributed by atoms with E-state index in [0.29, 0.717) is 0 Å². The summed E-state index contributed by atoms with van der Waals surface area (Å²) in [6.07, 6.45) is 0. The van der Waals surface area contributed by atoms with E-state index in [4.69, 9.17) is 9.47 Å². The van der Waals surface area contributed by atoms with E-state index in [9.17, 15) is 0 Å². The van der Waals surface area contributed by atoms with Gasteiger partial charge in [0, 0.05) is 18.9 Å². The van der Waals surface area contributed by atoms with Crippen molar-refractivity contribution in [2.24, 2.45) is 0 Å². The van der Waals surface area contributed by atoms with E-state index in [1.165, 1.54) is 7.39 Å². The fourth-order valence-electron chi connectivity index (χ4n) is 1.72. The van der Waals surface area contributed by atoms with Crippen molar-refractivity contribution in [3.05, 3.63) is 48.5 Å². The molecule has 0 saturated carbocycles. The molecule has 1 radical (unpaired) electrons. The van der Waals surface area contributed by atoms with Gasteiger partial charge in [0.2, 0.25) is 0 Å². The van der Waals surface area contributed by atoms with Crippen molar-refractivity contribution in [2.45, 2.75) is 0 Å². The summed E-state index contributed by atoms with van der Waals surface area (Å²) < 4.78 is 13.1. The van der Waals surface area contributed by atoms with Crippen molar-refractivity contribution in [3.8, 4) is 11.5 Å². The van der Waals surface area contributed by atoms with Gasteiger partial charge in [-0.1, -0.05) is 24.3 Å². The first-order chi connectivity index (χ1) is 8.31. The SMILES string of the molecule is COc1cc[c]([Mg][c]2ccc(OC)cc2)cc1.[Li]. The van der Waals surface area contributed by atoms with Gasteiger partial charge in [-0.15, -0.1) is 0 Å². The summed E-state index contributed by atoms with van der Waals surface area (Å²) in [5.74, 6) is 1.83. The van der Waals surface area contributed by atoms with Crippen LogP contribution in [0.5, 0.6) is 11.5 Å². The summed E-state index contributed by atoms with van der Waals surface area (Å²) in [5.41, 5.74) is 0. The molecule has 4 heteroatoms. The van der Waals surface area contributed by atoms with Crippen molar-refractivity contribution in [2.75, 3.05) is 14.2 Å². The van der Waals surface area contributed by atoms with Crippen molar-refractivity contribution in [1.29, 1.82) is 0 Å². The predicted molar refractivity (Wildman–Crippen MR) is 76.8 cm³/mol. The van der Waals surface area contributed by atoms with Crippen LogP contribution in [0.4, 0.5) is 0 Å². The zero-order chi connectivity index (χ0) is 12.1. The van der Waals surface area contributed by atoms with E-state index in [0.717, 1.165) is 11.5 Å². The first kappa shape index (κ1) is 15.5. The first-order valence-electron chi connectivity index (χ1n) is 5.57. The number of benzene rings is 2. The monoisotopic (exact) mass is 245 g/mol. The van der Waals surface area contributed by atoms with Gasteiger partial charge in [0.1, 0.15) is 11.5 Å². The molecule has 2 aromatic rings. The normalized spacial score (nSPS) is 9.00. The molecule has 0 aliphatic rings. The van der Waals surface area contributed by atoms with Crippen LogP contribution >= 0.6 is 0 Å². The van der Waals surface area contributed by atoms with Crippen LogP contribution in [0.3, 0.4) is 0 Å². The molecule has 0 fully saturated rings. The Morgan fingerprint density at radius 2 is 1.00 bits per heavy atom. The Morgan fingerprint density at radius 1 is 0.667 bits per heavy atom. The molecule has 0 aliphatic heterocycles. The van der Waals surface area contributed by atoms with Crippen LogP contribution in [0.15, 0.2) is 48.5 Å². The Balaban J connectivity index is 0.00000162. The second kappa shape index (κ2) is 7.75. The molecule has 0 atom stereocenters. The average Bonchev–Trinajstić information content (AvgIpc) is 2.40. The van der Waals surface area contributed by atoms with Gasteiger partial charge in [-0.2, -0.15) is 7.39 Å². The quantitative estimate of drug-likeness (QED) is 0.748. The molecular formula is C14H14LiMgO2. The van der Waals surface area contributed by atoms with E-state index in [1.807, 2.05) is 24.3 Å². The van der Waals surface area contributed by atoms with Gasteiger partial charge in [0.25, 0.3) is 0 Å². The zero-order valence-corrected chi connectivity index (χ0v) is 12.6. The smallest absolute Gasteiger partial charge is 0.450 e. The minimum absolute atomic E-state index is 0. The van der Waals surface area contributed by atoms with E-state index >= 15 is 0 Å². The topological polar surface area (TPSA) is 18.5 Å². The molecule has 18 heavy (non-hydrogen) atoms. The van der Waals surface area contributed by atoms with Crippen LogP contribution < -0.4 is 16.9 Å². The molecule has 0 spiro atoms. The molecule has 0 aromatic heterocycles. The van der Waals surface area contributed by atoms with Gasteiger partial charge in [-0.25, -0.2) is 0 Å². The van der Waals surface area contributed by atoms with Crippen LogP contribution in [0.2, 0.25) is 0 Å². The van der Waals surface area contributed by atoms with Gasteiger partial charge >= 0.3 is 20.4 Å². The maximum absolute atomic E-state index is 5.15. The van der Waals surface area contributed by atoms with Gasteiger partial charge in [0.15, 0.2) is 0 Å². The molecule has 85 valence electrons. The van der Waals surface area contributed by atoms with E-state index in [1.54, 1.807) is 14.2 Å². The second-order valence-electron chi connectivity index (χ2n) is 3.87. The summed E-state index contributed by atoms with van der Waals surface area (Å²) in [6.45, 7) is 0. The Hall–Kier alpha value is -0.596. The van der Waals surface area contributed by atoms with E-state index in [-0.39, 0.29) is 18.9 Å². The number of rotatable bonds is 4. The van der Waals surface area contributed by atoms with Crippen molar-refractivity contribution >= 4 is 46.6 Å². The Morgan fingerprint density at radius 3 is 1.28 bits per heavy atom. The summed E-state index contributed by atoms with van der Waals surface area (Å²) in [4.78, 5) is 0. The third kappa shape index (κ3) is 4.26.